The third kappa shape index (κ3) is 17.9. The number of amides is 8. The Morgan fingerprint density at radius 1 is 1.01 bits per heavy atom. The van der Waals surface area contributed by atoms with Gasteiger partial charge in [-0.1, -0.05) is 56.2 Å². The topological polar surface area (TPSA) is 334 Å². The number of alkyl carbamates (subject to hydrolysis) is 1. The van der Waals surface area contributed by atoms with E-state index in [1.54, 1.807) is 58.1 Å². The van der Waals surface area contributed by atoms with Gasteiger partial charge in [0.05, 0.1) is 36.4 Å². The number of carbonyl (C=O) groups is 8. The number of likely N-dealkylation sites (N-methyl/N-ethyl adjacent to an activating group) is 1. The molecule has 10 N–H and O–H groups in total. The van der Waals surface area contributed by atoms with E-state index in [1.807, 2.05) is 6.92 Å². The number of carbonyl (C=O) groups excluding carboxylic acids is 8. The monoisotopic (exact) mass is 1300 g/mol. The van der Waals surface area contributed by atoms with E-state index >= 15 is 13.2 Å². The summed E-state index contributed by atoms with van der Waals surface area (Å²) < 4.78 is 74.6. The van der Waals surface area contributed by atoms with Crippen LogP contribution < -0.4 is 47.3 Å². The number of halogens is 4. The highest BCUT2D eigenvalue weighted by atomic mass is 35.5. The van der Waals surface area contributed by atoms with Crippen LogP contribution >= 0.6 is 23.8 Å². The van der Waals surface area contributed by atoms with Crippen LogP contribution in [0.4, 0.5) is 34.1 Å². The largest absolute Gasteiger partial charge is 0.495 e. The van der Waals surface area contributed by atoms with Crippen molar-refractivity contribution >= 4 is 87.9 Å². The molecular formula is C60H80ClF3N10O15S. The molecule has 2 saturated heterocycles. The fraction of sp³-hybridized carbons (Fsp3) is 0.550. The Morgan fingerprint density at radius 2 is 1.71 bits per heavy atom. The van der Waals surface area contributed by atoms with Gasteiger partial charge in [-0.05, 0) is 113 Å². The number of primary amides is 1. The number of aliphatic hydroxyl groups excluding tert-OH is 1. The zero-order chi connectivity index (χ0) is 66.7. The van der Waals surface area contributed by atoms with Gasteiger partial charge in [-0.2, -0.15) is 13.2 Å². The molecular weight excluding hydrogens is 1230 g/mol. The summed E-state index contributed by atoms with van der Waals surface area (Å²) in [5.74, 6) is -6.05. The highest BCUT2D eigenvalue weighted by Crippen LogP contribution is 2.49. The van der Waals surface area contributed by atoms with Crippen molar-refractivity contribution in [2.24, 2.45) is 17.6 Å². The number of hydrogen-bond donors (Lipinski definition) is 9. The van der Waals surface area contributed by atoms with E-state index in [-0.39, 0.29) is 53.3 Å². The molecule has 25 nitrogen and oxygen atoms in total. The van der Waals surface area contributed by atoms with Crippen LogP contribution in [0.2, 0.25) is 5.02 Å². The van der Waals surface area contributed by atoms with E-state index in [0.29, 0.717) is 48.9 Å². The summed E-state index contributed by atoms with van der Waals surface area (Å²) in [4.78, 5) is 111. The molecule has 0 radical (unpaired) electrons. The summed E-state index contributed by atoms with van der Waals surface area (Å²) in [6.45, 7) is 10.2. The zero-order valence-corrected chi connectivity index (χ0v) is 53.2. The molecule has 4 heterocycles. The molecule has 4 aliphatic rings. The van der Waals surface area contributed by atoms with Gasteiger partial charge in [-0.25, -0.2) is 14.4 Å². The maximum Gasteiger partial charge on any atom is 0.417 e. The number of urea groups is 1. The lowest BCUT2D eigenvalue weighted by Gasteiger charge is -2.42. The molecule has 4 bridgehead atoms. The number of esters is 1. The van der Waals surface area contributed by atoms with Crippen LogP contribution in [0, 0.1) is 11.8 Å². The molecule has 2 fully saturated rings. The number of aliphatic hydroxyl groups is 2. The minimum absolute atomic E-state index is 0.0382. The van der Waals surface area contributed by atoms with Crippen molar-refractivity contribution in [2.45, 2.75) is 153 Å². The minimum atomic E-state index is -5.24. The summed E-state index contributed by atoms with van der Waals surface area (Å²) in [5, 5.41) is 37.8. The van der Waals surface area contributed by atoms with E-state index in [0.717, 1.165) is 24.8 Å². The Kier molecular flexibility index (Phi) is 24.2. The average molecular weight is 1310 g/mol. The predicted molar refractivity (Wildman–Crippen MR) is 328 cm³/mol. The summed E-state index contributed by atoms with van der Waals surface area (Å²) in [5.41, 5.74) is 0.543. The Hall–Kier alpha value is -7.57. The number of anilines is 2. The second-order valence-corrected chi connectivity index (χ2v) is 24.0. The SMILES string of the molecule is COc1cc2cc(c1Cl)N(C)C(=O)C[C@H](OC(=O)[C@H](C)N(C)C(=O)c1ccc(NC(=O)[C@H](CCCNC(N)=O)NC(=O)[C@@H](NC(=S)NCCCCN3C(=O)C=CC3O)C(C)C)cc1C(F)(F)F)[C@]1(C)O[C@H]1[C@H](C)[C@@H]1C[C@@](O)(NC(=O)O1)[C@H](OC)/C=C/C=C(\C)C2. The molecule has 0 spiro atoms. The molecule has 1 unspecified atom stereocenters. The fourth-order valence-electron chi connectivity index (χ4n) is 10.8. The van der Waals surface area contributed by atoms with Crippen molar-refractivity contribution in [1.29, 1.82) is 0 Å². The first-order valence-corrected chi connectivity index (χ1v) is 29.9. The van der Waals surface area contributed by atoms with Crippen molar-refractivity contribution in [1.82, 2.24) is 36.4 Å². The molecule has 6 rings (SSSR count). The lowest BCUT2D eigenvalue weighted by Crippen LogP contribution is -2.63. The van der Waals surface area contributed by atoms with Gasteiger partial charge >= 0.3 is 24.3 Å². The minimum Gasteiger partial charge on any atom is -0.495 e. The van der Waals surface area contributed by atoms with Crippen LogP contribution in [0.5, 0.6) is 5.75 Å². The summed E-state index contributed by atoms with van der Waals surface area (Å²) in [6, 6.07) is 0.762. The first kappa shape index (κ1) is 71.5. The van der Waals surface area contributed by atoms with Gasteiger partial charge in [0.1, 0.15) is 59.0 Å². The Labute approximate surface area is 529 Å². The number of nitrogens with zero attached hydrogens (tertiary/aromatic N) is 3. The lowest BCUT2D eigenvalue weighted by atomic mass is 9.83. The first-order chi connectivity index (χ1) is 42.2. The second-order valence-electron chi connectivity index (χ2n) is 23.2. The van der Waals surface area contributed by atoms with Crippen LogP contribution in [-0.2, 0) is 55.5 Å². The number of alkyl halides is 3. The number of benzene rings is 2. The van der Waals surface area contributed by atoms with E-state index < -0.39 is 143 Å². The summed E-state index contributed by atoms with van der Waals surface area (Å²) >= 11 is 12.3. The number of hydrogen-bond acceptors (Lipinski definition) is 16. The van der Waals surface area contributed by atoms with Gasteiger partial charge in [0.25, 0.3) is 5.91 Å². The Morgan fingerprint density at radius 3 is 2.34 bits per heavy atom. The van der Waals surface area contributed by atoms with Gasteiger partial charge in [0, 0.05) is 64.9 Å². The number of ether oxygens (including phenoxy) is 5. The maximum atomic E-state index is 15.1. The molecule has 494 valence electrons. The van der Waals surface area contributed by atoms with Crippen LogP contribution in [0.25, 0.3) is 0 Å². The van der Waals surface area contributed by atoms with Crippen molar-refractivity contribution in [3.8, 4) is 5.75 Å². The number of fused-ring (bicyclic) bond motifs is 5. The number of methoxy groups -OCH3 is 2. The second kappa shape index (κ2) is 30.5. The molecule has 0 aliphatic carbocycles. The molecule has 30 heteroatoms. The normalized spacial score (nSPS) is 25.4. The fourth-order valence-corrected chi connectivity index (χ4v) is 11.3. The quantitative estimate of drug-likeness (QED) is 0.0354. The number of allylic oxidation sites excluding steroid dienone is 3. The molecule has 0 aromatic heterocycles. The van der Waals surface area contributed by atoms with E-state index in [9.17, 15) is 48.6 Å². The van der Waals surface area contributed by atoms with Crippen LogP contribution in [-0.4, -0.2) is 181 Å². The zero-order valence-electron chi connectivity index (χ0n) is 51.7. The number of thiocarbonyl (C=S) groups is 1. The van der Waals surface area contributed by atoms with Crippen LogP contribution in [0.3, 0.4) is 0 Å². The molecule has 0 saturated carbocycles. The smallest absolute Gasteiger partial charge is 0.417 e. The molecule has 90 heavy (non-hydrogen) atoms. The van der Waals surface area contributed by atoms with Crippen molar-refractivity contribution < 1.29 is 85.4 Å². The van der Waals surface area contributed by atoms with Gasteiger partial charge < -0.3 is 80.9 Å². The van der Waals surface area contributed by atoms with Gasteiger partial charge in [0.15, 0.2) is 10.8 Å². The molecule has 2 aromatic carbocycles. The highest BCUT2D eigenvalue weighted by Gasteiger charge is 2.64. The van der Waals surface area contributed by atoms with Crippen LogP contribution in [0.15, 0.2) is 66.3 Å². The number of rotatable bonds is 21. The lowest BCUT2D eigenvalue weighted by molar-refractivity contribution is -0.158. The molecule has 11 atom stereocenters. The predicted octanol–water partition coefficient (Wildman–Crippen LogP) is 4.70. The Balaban J connectivity index is 1.21. The molecule has 2 aromatic rings. The first-order valence-electron chi connectivity index (χ1n) is 29.2. The number of nitrogens with two attached hydrogens (primary N) is 1. The standard InChI is InChI=1S/C60H80ClF3N10O15S/c1-31(2)49(70-56(90)67-22-11-12-24-74-45(75)20-21-46(74)76)52(79)69-39(16-14-23-66-55(65)82)51(78)68-36-18-19-37(38(28-36)60(62,63)64)53(80)72(7)34(5)54(81)88-44-29-47(77)73(8)40-26-35(27-41(85-9)48(40)61)25-32(3)15-13-17-43(86-10)59(84)30-42(87-57(83)71-59)33(4)50-58(44,6)89-50/h13,15,17-21,26-28,31,33-34,39,42-45,49-50,75,84H,11-12,14,16,22-25,29-30H2,1-10H3,(H,68,78)(H,69,79)(H,71,83)(H3,65,66,82)(H2,67,70,90)/b17-13+,32-15+/t33-,34+,39+,42+,43-,44+,45?,49+,50+,58+,59+/m1/s1. The number of unbranched alkanes of at least 4 members (excludes halogenated alkanes) is 1. The average Bonchev–Trinajstić information content (AvgIpc) is 1.66. The third-order valence-corrected chi connectivity index (χ3v) is 16.9. The van der Waals surface area contributed by atoms with Crippen LogP contribution in [0.1, 0.15) is 102 Å². The molecule has 4 aliphatic heterocycles. The van der Waals surface area contributed by atoms with Gasteiger partial charge in [-0.15, -0.1) is 0 Å². The summed E-state index contributed by atoms with van der Waals surface area (Å²) in [7, 11) is 5.27. The number of epoxide rings is 1. The maximum absolute atomic E-state index is 15.1. The Bertz CT molecular complexity index is 3140. The van der Waals surface area contributed by atoms with E-state index in [2.05, 4.69) is 31.9 Å². The van der Waals surface area contributed by atoms with Gasteiger partial charge in [-0.3, -0.25) is 29.3 Å². The van der Waals surface area contributed by atoms with Crippen molar-refractivity contribution in [3.05, 3.63) is 88.0 Å². The van der Waals surface area contributed by atoms with Gasteiger partial charge in [0.2, 0.25) is 23.6 Å². The van der Waals surface area contributed by atoms with E-state index in [1.165, 1.54) is 50.1 Å². The molecule has 8 amide bonds. The third-order valence-electron chi connectivity index (χ3n) is 16.2. The number of nitrogens with one attached hydrogen (secondary N) is 6. The highest BCUT2D eigenvalue weighted by molar-refractivity contribution is 7.80. The van der Waals surface area contributed by atoms with Crippen molar-refractivity contribution in [2.75, 3.05) is 58.2 Å². The summed E-state index contributed by atoms with van der Waals surface area (Å²) in [6.07, 6.45) is -3.53. The van der Waals surface area contributed by atoms with E-state index in [4.69, 9.17) is 53.2 Å². The van der Waals surface area contributed by atoms with Crippen molar-refractivity contribution in [3.63, 3.8) is 0 Å².